The second-order valence-corrected chi connectivity index (χ2v) is 10.6. The van der Waals surface area contributed by atoms with Crippen LogP contribution in [0.3, 0.4) is 0 Å². The molecule has 188 valence electrons. The summed E-state index contributed by atoms with van der Waals surface area (Å²) >= 11 is 0. The number of carbonyl (C=O) groups excluding carboxylic acids is 2. The Bertz CT molecular complexity index is 1740. The number of imide groups is 1. The minimum Gasteiger partial charge on any atom is -0.310 e. The Morgan fingerprint density at radius 2 is 1.03 bits per heavy atom. The maximum atomic E-state index is 13.0. The van der Waals surface area contributed by atoms with E-state index >= 15 is 0 Å². The molecule has 7 rings (SSSR count). The van der Waals surface area contributed by atoms with Crippen LogP contribution in [0.15, 0.2) is 121 Å². The lowest BCUT2D eigenvalue weighted by atomic mass is 9.82. The quantitative estimate of drug-likeness (QED) is 0.230. The Kier molecular flexibility index (Phi) is 5.07. The van der Waals surface area contributed by atoms with Crippen molar-refractivity contribution in [3.05, 3.63) is 144 Å². The maximum Gasteiger partial charge on any atom is 0.266 e. The highest BCUT2D eigenvalue weighted by atomic mass is 16.2. The lowest BCUT2D eigenvalue weighted by Gasteiger charge is -2.28. The summed E-state index contributed by atoms with van der Waals surface area (Å²) in [6.07, 6.45) is 0. The lowest BCUT2D eigenvalue weighted by molar-refractivity contribution is 0.0926. The summed E-state index contributed by atoms with van der Waals surface area (Å²) in [5, 5.41) is 0. The SMILES string of the molecule is CC1(C)c2ccccc2-c2ccc(N(c3ccccc3)c3ccc(N4C(=O)c5ccccc5C4=O)cc3)cc21. The molecule has 1 heterocycles. The third-order valence-corrected chi connectivity index (χ3v) is 8.00. The van der Waals surface area contributed by atoms with E-state index in [2.05, 4.69) is 73.3 Å². The van der Waals surface area contributed by atoms with Gasteiger partial charge in [-0.15, -0.1) is 0 Å². The molecule has 0 N–H and O–H groups in total. The molecule has 0 saturated heterocycles. The topological polar surface area (TPSA) is 40.6 Å². The number of benzene rings is 5. The van der Waals surface area contributed by atoms with Crippen molar-refractivity contribution in [2.45, 2.75) is 19.3 Å². The number of carbonyl (C=O) groups is 2. The Balaban J connectivity index is 1.30. The Morgan fingerprint density at radius 3 is 1.69 bits per heavy atom. The van der Waals surface area contributed by atoms with E-state index in [-0.39, 0.29) is 17.2 Å². The smallest absolute Gasteiger partial charge is 0.266 e. The summed E-state index contributed by atoms with van der Waals surface area (Å²) in [6, 6.07) is 40.2. The molecule has 0 atom stereocenters. The number of hydrogen-bond donors (Lipinski definition) is 0. The van der Waals surface area contributed by atoms with Crippen LogP contribution in [0.1, 0.15) is 45.7 Å². The van der Waals surface area contributed by atoms with E-state index in [4.69, 9.17) is 0 Å². The van der Waals surface area contributed by atoms with Gasteiger partial charge in [0.15, 0.2) is 0 Å². The number of anilines is 4. The van der Waals surface area contributed by atoms with Crippen LogP contribution in [0.2, 0.25) is 0 Å². The minimum absolute atomic E-state index is 0.111. The van der Waals surface area contributed by atoms with Crippen molar-refractivity contribution in [2.24, 2.45) is 0 Å². The summed E-state index contributed by atoms with van der Waals surface area (Å²) in [7, 11) is 0. The van der Waals surface area contributed by atoms with E-state index in [0.29, 0.717) is 16.8 Å². The summed E-state index contributed by atoms with van der Waals surface area (Å²) in [6.45, 7) is 4.57. The molecular weight excluding hydrogens is 480 g/mol. The molecule has 0 fully saturated rings. The Labute approximate surface area is 227 Å². The van der Waals surface area contributed by atoms with Gasteiger partial charge in [-0.2, -0.15) is 0 Å². The van der Waals surface area contributed by atoms with Crippen molar-refractivity contribution in [3.63, 3.8) is 0 Å². The molecule has 0 saturated carbocycles. The van der Waals surface area contributed by atoms with Crippen molar-refractivity contribution >= 4 is 34.6 Å². The van der Waals surface area contributed by atoms with Crippen molar-refractivity contribution in [1.29, 1.82) is 0 Å². The predicted octanol–water partition coefficient (Wildman–Crippen LogP) is 8.26. The first-order valence-corrected chi connectivity index (χ1v) is 13.1. The molecule has 4 heteroatoms. The number of amides is 2. The fourth-order valence-corrected chi connectivity index (χ4v) is 6.03. The van der Waals surface area contributed by atoms with Crippen molar-refractivity contribution in [1.82, 2.24) is 0 Å². The zero-order valence-corrected chi connectivity index (χ0v) is 21.8. The molecule has 1 aliphatic heterocycles. The standard InChI is InChI=1S/C35H26N2O2/c1-35(2)31-15-9-8-12-27(31)28-21-20-26(22-32(28)35)36(23-10-4-3-5-11-23)24-16-18-25(19-17-24)37-33(38)29-13-6-7-14-30(29)34(37)39/h3-22H,1-2H3. The minimum atomic E-state index is -0.288. The number of para-hydroxylation sites is 1. The summed E-state index contributed by atoms with van der Waals surface area (Å²) in [5.41, 5.74) is 9.55. The van der Waals surface area contributed by atoms with E-state index in [1.165, 1.54) is 27.2 Å². The molecule has 5 aromatic rings. The van der Waals surface area contributed by atoms with E-state index < -0.39 is 0 Å². The normalized spacial score (nSPS) is 14.7. The zero-order chi connectivity index (χ0) is 26.7. The molecule has 0 unspecified atom stereocenters. The highest BCUT2D eigenvalue weighted by Gasteiger charge is 2.37. The molecule has 0 aromatic heterocycles. The number of fused-ring (bicyclic) bond motifs is 4. The third kappa shape index (κ3) is 3.45. The first-order chi connectivity index (χ1) is 18.9. The van der Waals surface area contributed by atoms with Crippen LogP contribution < -0.4 is 9.80 Å². The number of rotatable bonds is 4. The van der Waals surface area contributed by atoms with Gasteiger partial charge in [0.25, 0.3) is 11.8 Å². The molecule has 0 radical (unpaired) electrons. The van der Waals surface area contributed by atoms with Crippen LogP contribution in [0.25, 0.3) is 11.1 Å². The highest BCUT2D eigenvalue weighted by Crippen LogP contribution is 2.50. The Morgan fingerprint density at radius 1 is 0.513 bits per heavy atom. The van der Waals surface area contributed by atoms with Crippen LogP contribution in [-0.2, 0) is 5.41 Å². The van der Waals surface area contributed by atoms with Crippen LogP contribution >= 0.6 is 0 Å². The van der Waals surface area contributed by atoms with Crippen molar-refractivity contribution < 1.29 is 9.59 Å². The van der Waals surface area contributed by atoms with Gasteiger partial charge in [0.05, 0.1) is 16.8 Å². The van der Waals surface area contributed by atoms with Gasteiger partial charge in [-0.25, -0.2) is 4.90 Å². The molecule has 0 spiro atoms. The summed E-state index contributed by atoms with van der Waals surface area (Å²) in [4.78, 5) is 29.5. The van der Waals surface area contributed by atoms with E-state index in [1.54, 1.807) is 24.3 Å². The molecule has 2 amide bonds. The van der Waals surface area contributed by atoms with Gasteiger partial charge in [0, 0.05) is 22.5 Å². The van der Waals surface area contributed by atoms with Gasteiger partial charge in [-0.1, -0.05) is 74.5 Å². The largest absolute Gasteiger partial charge is 0.310 e. The van der Waals surface area contributed by atoms with E-state index in [1.807, 2.05) is 42.5 Å². The van der Waals surface area contributed by atoms with Gasteiger partial charge < -0.3 is 4.90 Å². The van der Waals surface area contributed by atoms with Crippen LogP contribution in [0.5, 0.6) is 0 Å². The second kappa shape index (κ2) is 8.53. The van der Waals surface area contributed by atoms with E-state index in [0.717, 1.165) is 17.1 Å². The second-order valence-electron chi connectivity index (χ2n) is 10.6. The third-order valence-electron chi connectivity index (χ3n) is 8.00. The van der Waals surface area contributed by atoms with Gasteiger partial charge in [0.1, 0.15) is 0 Å². The van der Waals surface area contributed by atoms with Gasteiger partial charge >= 0.3 is 0 Å². The van der Waals surface area contributed by atoms with Crippen LogP contribution in [-0.4, -0.2) is 11.8 Å². The van der Waals surface area contributed by atoms with Crippen LogP contribution in [0, 0.1) is 0 Å². The van der Waals surface area contributed by atoms with Gasteiger partial charge in [0.2, 0.25) is 0 Å². The van der Waals surface area contributed by atoms with Crippen LogP contribution in [0.4, 0.5) is 22.7 Å². The summed E-state index contributed by atoms with van der Waals surface area (Å²) < 4.78 is 0. The molecule has 2 aliphatic rings. The van der Waals surface area contributed by atoms with Gasteiger partial charge in [-0.05, 0) is 82.9 Å². The predicted molar refractivity (Wildman–Crippen MR) is 156 cm³/mol. The molecule has 39 heavy (non-hydrogen) atoms. The monoisotopic (exact) mass is 506 g/mol. The number of hydrogen-bond acceptors (Lipinski definition) is 3. The zero-order valence-electron chi connectivity index (χ0n) is 21.8. The Hall–Kier alpha value is -4.96. The van der Waals surface area contributed by atoms with Crippen molar-refractivity contribution in [3.8, 4) is 11.1 Å². The molecule has 1 aliphatic carbocycles. The van der Waals surface area contributed by atoms with Gasteiger partial charge in [-0.3, -0.25) is 9.59 Å². The molecule has 0 bridgehead atoms. The fraction of sp³-hybridized carbons (Fsp3) is 0.0857. The maximum absolute atomic E-state index is 13.0. The summed E-state index contributed by atoms with van der Waals surface area (Å²) in [5.74, 6) is -0.577. The fourth-order valence-electron chi connectivity index (χ4n) is 6.03. The lowest BCUT2D eigenvalue weighted by Crippen LogP contribution is -2.29. The van der Waals surface area contributed by atoms with E-state index in [9.17, 15) is 9.59 Å². The molecular formula is C35H26N2O2. The van der Waals surface area contributed by atoms with Crippen molar-refractivity contribution in [2.75, 3.05) is 9.80 Å². The molecule has 5 aromatic carbocycles. The first kappa shape index (κ1) is 23.2. The molecule has 4 nitrogen and oxygen atoms in total. The number of nitrogens with zero attached hydrogens (tertiary/aromatic N) is 2. The highest BCUT2D eigenvalue weighted by molar-refractivity contribution is 6.34. The first-order valence-electron chi connectivity index (χ1n) is 13.1. The average molecular weight is 507 g/mol. The average Bonchev–Trinajstić information content (AvgIpc) is 3.36.